The van der Waals surface area contributed by atoms with Gasteiger partial charge in [0.2, 0.25) is 0 Å². The average molecular weight is 268 g/mol. The Kier molecular flexibility index (Phi) is 3.84. The number of amides is 1. The summed E-state index contributed by atoms with van der Waals surface area (Å²) < 4.78 is 17.6. The number of ether oxygens (including phenoxy) is 1. The average Bonchev–Trinajstić information content (AvgIpc) is 2.39. The standard InChI is InChI=1S/C12H13FN2O4/c13-9-3-1-2-4-10(9)14-5-7-15(8-6-14)11(16)19-12(17)18/h1-4H,5-8H2,(H,17,18). The summed E-state index contributed by atoms with van der Waals surface area (Å²) in [4.78, 5) is 24.7. The first-order valence-corrected chi connectivity index (χ1v) is 5.77. The summed E-state index contributed by atoms with van der Waals surface area (Å²) >= 11 is 0. The lowest BCUT2D eigenvalue weighted by Gasteiger charge is -2.35. The van der Waals surface area contributed by atoms with Gasteiger partial charge in [0.1, 0.15) is 5.82 Å². The second-order valence-corrected chi connectivity index (χ2v) is 4.06. The van der Waals surface area contributed by atoms with Crippen molar-refractivity contribution in [2.75, 3.05) is 31.1 Å². The molecule has 1 N–H and O–H groups in total. The Morgan fingerprint density at radius 3 is 2.37 bits per heavy atom. The third-order valence-corrected chi connectivity index (χ3v) is 2.91. The number of nitrogens with zero attached hydrogens (tertiary/aromatic N) is 2. The van der Waals surface area contributed by atoms with Crippen LogP contribution < -0.4 is 4.90 Å². The number of rotatable bonds is 1. The highest BCUT2D eigenvalue weighted by Crippen LogP contribution is 2.20. The van der Waals surface area contributed by atoms with E-state index in [0.717, 1.165) is 0 Å². The Hall–Kier alpha value is -2.31. The second kappa shape index (κ2) is 5.55. The van der Waals surface area contributed by atoms with E-state index in [9.17, 15) is 14.0 Å². The fourth-order valence-electron chi connectivity index (χ4n) is 1.98. The van der Waals surface area contributed by atoms with Crippen LogP contribution in [-0.2, 0) is 4.74 Å². The van der Waals surface area contributed by atoms with E-state index in [4.69, 9.17) is 5.11 Å². The van der Waals surface area contributed by atoms with Crippen LogP contribution >= 0.6 is 0 Å². The van der Waals surface area contributed by atoms with Crippen LogP contribution in [0.2, 0.25) is 0 Å². The van der Waals surface area contributed by atoms with Crippen LogP contribution in [0, 0.1) is 5.82 Å². The smallest absolute Gasteiger partial charge is 0.449 e. The number of benzene rings is 1. The van der Waals surface area contributed by atoms with Crippen molar-refractivity contribution in [2.45, 2.75) is 0 Å². The molecule has 1 aromatic rings. The maximum absolute atomic E-state index is 13.6. The highest BCUT2D eigenvalue weighted by molar-refractivity contribution is 5.79. The van der Waals surface area contributed by atoms with Gasteiger partial charge in [-0.3, -0.25) is 0 Å². The van der Waals surface area contributed by atoms with Gasteiger partial charge < -0.3 is 19.6 Å². The van der Waals surface area contributed by atoms with Gasteiger partial charge in [-0.15, -0.1) is 0 Å². The fourth-order valence-corrected chi connectivity index (χ4v) is 1.98. The molecule has 6 nitrogen and oxygen atoms in total. The molecule has 7 heteroatoms. The fraction of sp³-hybridized carbons (Fsp3) is 0.333. The molecule has 1 saturated heterocycles. The minimum atomic E-state index is -1.62. The number of hydrogen-bond donors (Lipinski definition) is 1. The van der Waals surface area contributed by atoms with Gasteiger partial charge >= 0.3 is 12.2 Å². The van der Waals surface area contributed by atoms with Gasteiger partial charge in [0, 0.05) is 26.2 Å². The van der Waals surface area contributed by atoms with Crippen molar-refractivity contribution >= 4 is 17.9 Å². The molecule has 0 aromatic heterocycles. The van der Waals surface area contributed by atoms with Crippen LogP contribution in [0.1, 0.15) is 0 Å². The molecule has 1 aliphatic rings. The van der Waals surface area contributed by atoms with Gasteiger partial charge in [-0.1, -0.05) is 12.1 Å². The first kappa shape index (κ1) is 13.1. The SMILES string of the molecule is O=C(O)OC(=O)N1CCN(c2ccccc2F)CC1. The molecule has 0 spiro atoms. The summed E-state index contributed by atoms with van der Waals surface area (Å²) in [7, 11) is 0. The molecule has 1 fully saturated rings. The van der Waals surface area contributed by atoms with E-state index in [1.54, 1.807) is 23.1 Å². The van der Waals surface area contributed by atoms with E-state index in [1.165, 1.54) is 11.0 Å². The normalized spacial score (nSPS) is 15.2. The van der Waals surface area contributed by atoms with Crippen LogP contribution in [0.25, 0.3) is 0 Å². The summed E-state index contributed by atoms with van der Waals surface area (Å²) in [6.45, 7) is 1.44. The predicted octanol–water partition coefficient (Wildman–Crippen LogP) is 1.76. The summed E-state index contributed by atoms with van der Waals surface area (Å²) in [5.74, 6) is -0.316. The number of halogens is 1. The molecule has 19 heavy (non-hydrogen) atoms. The Labute approximate surface area is 109 Å². The van der Waals surface area contributed by atoms with E-state index in [1.807, 2.05) is 0 Å². The monoisotopic (exact) mass is 268 g/mol. The zero-order valence-electron chi connectivity index (χ0n) is 10.1. The van der Waals surface area contributed by atoms with E-state index in [0.29, 0.717) is 31.9 Å². The Morgan fingerprint density at radius 1 is 1.16 bits per heavy atom. The van der Waals surface area contributed by atoms with Crippen molar-refractivity contribution in [3.05, 3.63) is 30.1 Å². The van der Waals surface area contributed by atoms with Crippen molar-refractivity contribution in [3.8, 4) is 0 Å². The molecule has 1 heterocycles. The van der Waals surface area contributed by atoms with Crippen molar-refractivity contribution in [1.29, 1.82) is 0 Å². The van der Waals surface area contributed by atoms with Gasteiger partial charge in [0.25, 0.3) is 0 Å². The summed E-state index contributed by atoms with van der Waals surface area (Å²) in [6, 6.07) is 6.39. The van der Waals surface area contributed by atoms with Crippen LogP contribution in [-0.4, -0.2) is 48.4 Å². The summed E-state index contributed by atoms with van der Waals surface area (Å²) in [6.07, 6.45) is -2.51. The molecule has 0 aliphatic carbocycles. The largest absolute Gasteiger partial charge is 0.514 e. The molecule has 102 valence electrons. The Morgan fingerprint density at radius 2 is 1.79 bits per heavy atom. The van der Waals surface area contributed by atoms with Crippen molar-refractivity contribution in [2.24, 2.45) is 0 Å². The number of piperazine rings is 1. The molecule has 2 rings (SSSR count). The number of carbonyl (C=O) groups is 2. The van der Waals surface area contributed by atoms with Crippen LogP contribution in [0.3, 0.4) is 0 Å². The van der Waals surface area contributed by atoms with Gasteiger partial charge in [-0.25, -0.2) is 14.0 Å². The highest BCUT2D eigenvalue weighted by atomic mass is 19.1. The zero-order valence-corrected chi connectivity index (χ0v) is 10.1. The molecule has 0 saturated carbocycles. The number of hydrogen-bond acceptors (Lipinski definition) is 4. The summed E-state index contributed by atoms with van der Waals surface area (Å²) in [5, 5.41) is 8.35. The second-order valence-electron chi connectivity index (χ2n) is 4.06. The number of carbonyl (C=O) groups excluding carboxylic acids is 1. The molecule has 0 bridgehead atoms. The van der Waals surface area contributed by atoms with E-state index < -0.39 is 12.2 Å². The number of anilines is 1. The van der Waals surface area contributed by atoms with Crippen LogP contribution in [0.5, 0.6) is 0 Å². The lowest BCUT2D eigenvalue weighted by Crippen LogP contribution is -2.49. The number of carboxylic acid groups (broad SMARTS) is 1. The number of para-hydroxylation sites is 1. The third-order valence-electron chi connectivity index (χ3n) is 2.91. The zero-order chi connectivity index (χ0) is 13.8. The predicted molar refractivity (Wildman–Crippen MR) is 64.7 cm³/mol. The van der Waals surface area contributed by atoms with Crippen molar-refractivity contribution in [1.82, 2.24) is 4.90 Å². The maximum atomic E-state index is 13.6. The van der Waals surface area contributed by atoms with Gasteiger partial charge in [-0.05, 0) is 12.1 Å². The molecule has 0 unspecified atom stereocenters. The lowest BCUT2D eigenvalue weighted by atomic mass is 10.2. The van der Waals surface area contributed by atoms with Crippen LogP contribution in [0.15, 0.2) is 24.3 Å². The van der Waals surface area contributed by atoms with Crippen molar-refractivity contribution in [3.63, 3.8) is 0 Å². The van der Waals surface area contributed by atoms with Crippen LogP contribution in [0.4, 0.5) is 19.7 Å². The molecule has 0 atom stereocenters. The summed E-state index contributed by atoms with van der Waals surface area (Å²) in [5.41, 5.74) is 0.480. The first-order chi connectivity index (χ1) is 9.08. The third kappa shape index (κ3) is 3.12. The minimum absolute atomic E-state index is 0.292. The van der Waals surface area contributed by atoms with Gasteiger partial charge in [0.05, 0.1) is 5.69 Å². The van der Waals surface area contributed by atoms with E-state index >= 15 is 0 Å². The van der Waals surface area contributed by atoms with Gasteiger partial charge in [-0.2, -0.15) is 0 Å². The Bertz CT molecular complexity index is 486. The highest BCUT2D eigenvalue weighted by Gasteiger charge is 2.24. The molecular weight excluding hydrogens is 255 g/mol. The lowest BCUT2D eigenvalue weighted by molar-refractivity contribution is 0.0857. The topological polar surface area (TPSA) is 70.1 Å². The molecule has 1 amide bonds. The molecule has 0 radical (unpaired) electrons. The first-order valence-electron chi connectivity index (χ1n) is 5.77. The Balaban J connectivity index is 1.94. The molecular formula is C12H13FN2O4. The van der Waals surface area contributed by atoms with E-state index in [2.05, 4.69) is 4.74 Å². The quantitative estimate of drug-likeness (QED) is 0.621. The maximum Gasteiger partial charge on any atom is 0.514 e. The minimum Gasteiger partial charge on any atom is -0.449 e. The van der Waals surface area contributed by atoms with Crippen molar-refractivity contribution < 1.29 is 23.8 Å². The molecule has 1 aliphatic heterocycles. The van der Waals surface area contributed by atoms with Gasteiger partial charge in [0.15, 0.2) is 0 Å². The molecule has 1 aromatic carbocycles. The van der Waals surface area contributed by atoms with E-state index in [-0.39, 0.29) is 5.82 Å².